The lowest BCUT2D eigenvalue weighted by Gasteiger charge is -2.11. The van der Waals surface area contributed by atoms with Gasteiger partial charge in [0.2, 0.25) is 0 Å². The summed E-state index contributed by atoms with van der Waals surface area (Å²) < 4.78 is 5.01. The van der Waals surface area contributed by atoms with Gasteiger partial charge in [-0.3, -0.25) is 9.59 Å². The van der Waals surface area contributed by atoms with Crippen LogP contribution in [0.3, 0.4) is 0 Å². The van der Waals surface area contributed by atoms with E-state index in [1.54, 1.807) is 0 Å². The summed E-state index contributed by atoms with van der Waals surface area (Å²) in [6.45, 7) is 3.63. The highest BCUT2D eigenvalue weighted by molar-refractivity contribution is 8.00. The van der Waals surface area contributed by atoms with Gasteiger partial charge in [-0.25, -0.2) is 0 Å². The molecule has 4 nitrogen and oxygen atoms in total. The van der Waals surface area contributed by atoms with Gasteiger partial charge in [-0.2, -0.15) is 0 Å². The van der Waals surface area contributed by atoms with Crippen molar-refractivity contribution >= 4 is 46.0 Å². The maximum atomic E-state index is 11.8. The number of rotatable bonds is 7. The van der Waals surface area contributed by atoms with Crippen molar-refractivity contribution in [2.75, 3.05) is 12.4 Å². The van der Waals surface area contributed by atoms with Gasteiger partial charge >= 0.3 is 5.97 Å². The van der Waals surface area contributed by atoms with Crippen molar-refractivity contribution in [3.8, 4) is 0 Å². The molecule has 0 aromatic heterocycles. The zero-order valence-corrected chi connectivity index (χ0v) is 15.2. The van der Waals surface area contributed by atoms with Crippen LogP contribution in [0, 0.1) is 0 Å². The Balaban J connectivity index is 1.90. The quantitative estimate of drug-likeness (QED) is 0.594. The SMILES string of the molecule is CCC(C)NC(=O)COC(=O)CSc1cccc2cccc(Cl)c12. The molecule has 0 radical (unpaired) electrons. The highest BCUT2D eigenvalue weighted by Crippen LogP contribution is 2.33. The predicted molar refractivity (Wildman–Crippen MR) is 98.5 cm³/mol. The Morgan fingerprint density at radius 2 is 1.96 bits per heavy atom. The van der Waals surface area contributed by atoms with Gasteiger partial charge in [0, 0.05) is 21.3 Å². The molecule has 1 atom stereocenters. The number of hydrogen-bond acceptors (Lipinski definition) is 4. The Morgan fingerprint density at radius 3 is 2.67 bits per heavy atom. The Morgan fingerprint density at radius 1 is 1.25 bits per heavy atom. The van der Waals surface area contributed by atoms with E-state index in [-0.39, 0.29) is 24.3 Å². The number of carbonyl (C=O) groups excluding carboxylic acids is 2. The molecule has 0 spiro atoms. The Bertz CT molecular complexity index is 730. The fraction of sp³-hybridized carbons (Fsp3) is 0.333. The van der Waals surface area contributed by atoms with Crippen LogP contribution < -0.4 is 5.32 Å². The van der Waals surface area contributed by atoms with Gasteiger partial charge in [-0.05, 0) is 30.9 Å². The third-order valence-electron chi connectivity index (χ3n) is 3.55. The van der Waals surface area contributed by atoms with E-state index >= 15 is 0 Å². The fourth-order valence-corrected chi connectivity index (χ4v) is 3.37. The molecule has 0 bridgehead atoms. The molecule has 2 aromatic rings. The number of ether oxygens (including phenoxy) is 1. The zero-order valence-electron chi connectivity index (χ0n) is 13.7. The molecular formula is C18H20ClNO3S. The van der Waals surface area contributed by atoms with Crippen LogP contribution in [0.2, 0.25) is 5.02 Å². The lowest BCUT2D eigenvalue weighted by Crippen LogP contribution is -2.35. The van der Waals surface area contributed by atoms with E-state index in [9.17, 15) is 9.59 Å². The van der Waals surface area contributed by atoms with Crippen molar-refractivity contribution in [3.63, 3.8) is 0 Å². The molecule has 1 unspecified atom stereocenters. The lowest BCUT2D eigenvalue weighted by molar-refractivity contribution is -0.146. The van der Waals surface area contributed by atoms with E-state index in [4.69, 9.17) is 16.3 Å². The largest absolute Gasteiger partial charge is 0.455 e. The van der Waals surface area contributed by atoms with E-state index in [0.717, 1.165) is 22.1 Å². The number of amides is 1. The number of nitrogens with one attached hydrogen (secondary N) is 1. The third kappa shape index (κ3) is 5.14. The first-order chi connectivity index (χ1) is 11.5. The molecular weight excluding hydrogens is 346 g/mol. The van der Waals surface area contributed by atoms with Gasteiger partial charge in [0.25, 0.3) is 5.91 Å². The highest BCUT2D eigenvalue weighted by atomic mass is 35.5. The van der Waals surface area contributed by atoms with Crippen molar-refractivity contribution in [3.05, 3.63) is 41.4 Å². The van der Waals surface area contributed by atoms with Gasteiger partial charge in [0.05, 0.1) is 5.75 Å². The molecule has 0 aliphatic carbocycles. The summed E-state index contributed by atoms with van der Waals surface area (Å²) in [6, 6.07) is 11.6. The molecule has 0 fully saturated rings. The van der Waals surface area contributed by atoms with Crippen molar-refractivity contribution < 1.29 is 14.3 Å². The van der Waals surface area contributed by atoms with Crippen molar-refractivity contribution in [2.45, 2.75) is 31.2 Å². The number of halogens is 1. The Kier molecular flexibility index (Phi) is 6.94. The number of carbonyl (C=O) groups is 2. The smallest absolute Gasteiger partial charge is 0.316 e. The van der Waals surface area contributed by atoms with E-state index in [2.05, 4.69) is 5.32 Å². The summed E-state index contributed by atoms with van der Waals surface area (Å²) >= 11 is 7.61. The first kappa shape index (κ1) is 18.6. The minimum absolute atomic E-state index is 0.0726. The standard InChI is InChI=1S/C18H20ClNO3S/c1-3-12(2)20-16(21)10-23-17(22)11-24-15-9-5-7-13-6-4-8-14(19)18(13)15/h4-9,12H,3,10-11H2,1-2H3,(H,20,21). The minimum atomic E-state index is -0.427. The molecule has 2 rings (SSSR count). The van der Waals surface area contributed by atoms with Gasteiger partial charge in [0.1, 0.15) is 0 Å². The van der Waals surface area contributed by atoms with E-state index in [1.807, 2.05) is 50.2 Å². The van der Waals surface area contributed by atoms with Crippen LogP contribution >= 0.6 is 23.4 Å². The molecule has 1 amide bonds. The van der Waals surface area contributed by atoms with Gasteiger partial charge in [-0.15, -0.1) is 11.8 Å². The average molecular weight is 366 g/mol. The molecule has 0 saturated carbocycles. The van der Waals surface area contributed by atoms with E-state index in [1.165, 1.54) is 11.8 Å². The first-order valence-corrected chi connectivity index (χ1v) is 9.12. The van der Waals surface area contributed by atoms with Gasteiger partial charge in [0.15, 0.2) is 6.61 Å². The second-order valence-electron chi connectivity index (χ2n) is 5.42. The molecule has 24 heavy (non-hydrogen) atoms. The molecule has 0 saturated heterocycles. The van der Waals surface area contributed by atoms with Crippen molar-refractivity contribution in [1.29, 1.82) is 0 Å². The van der Waals surface area contributed by atoms with Crippen molar-refractivity contribution in [1.82, 2.24) is 5.32 Å². The summed E-state index contributed by atoms with van der Waals surface area (Å²) in [5, 5.41) is 5.35. The maximum Gasteiger partial charge on any atom is 0.316 e. The van der Waals surface area contributed by atoms with E-state index < -0.39 is 5.97 Å². The van der Waals surface area contributed by atoms with Gasteiger partial charge in [-0.1, -0.05) is 42.8 Å². The minimum Gasteiger partial charge on any atom is -0.455 e. The van der Waals surface area contributed by atoms with Crippen LogP contribution in [0.15, 0.2) is 41.3 Å². The van der Waals surface area contributed by atoms with Crippen LogP contribution in [0.1, 0.15) is 20.3 Å². The van der Waals surface area contributed by atoms with Gasteiger partial charge < -0.3 is 10.1 Å². The molecule has 1 N–H and O–H groups in total. The predicted octanol–water partition coefficient (Wildman–Crippen LogP) is 4.04. The molecule has 128 valence electrons. The summed E-state index contributed by atoms with van der Waals surface area (Å²) in [5.41, 5.74) is 0. The molecule has 6 heteroatoms. The molecule has 0 heterocycles. The number of fused-ring (bicyclic) bond motifs is 1. The molecule has 0 aliphatic heterocycles. The van der Waals surface area contributed by atoms with Crippen LogP contribution in [-0.2, 0) is 14.3 Å². The van der Waals surface area contributed by atoms with Crippen LogP contribution in [0.4, 0.5) is 0 Å². The number of hydrogen-bond donors (Lipinski definition) is 1. The number of thioether (sulfide) groups is 1. The Labute approximate surface area is 150 Å². The molecule has 0 aliphatic rings. The number of benzene rings is 2. The lowest BCUT2D eigenvalue weighted by atomic mass is 10.1. The summed E-state index contributed by atoms with van der Waals surface area (Å²) in [6.07, 6.45) is 0.831. The normalized spacial score (nSPS) is 12.0. The van der Waals surface area contributed by atoms with E-state index in [0.29, 0.717) is 5.02 Å². The first-order valence-electron chi connectivity index (χ1n) is 7.76. The summed E-state index contributed by atoms with van der Waals surface area (Å²) in [7, 11) is 0. The van der Waals surface area contributed by atoms with Crippen LogP contribution in [0.25, 0.3) is 10.8 Å². The second kappa shape index (κ2) is 8.94. The maximum absolute atomic E-state index is 11.8. The third-order valence-corrected chi connectivity index (χ3v) is 4.89. The zero-order chi connectivity index (χ0) is 17.5. The fourth-order valence-electron chi connectivity index (χ4n) is 2.13. The number of esters is 1. The monoisotopic (exact) mass is 365 g/mol. The topological polar surface area (TPSA) is 55.4 Å². The Hall–Kier alpha value is -1.72. The average Bonchev–Trinajstić information content (AvgIpc) is 2.58. The summed E-state index contributed by atoms with van der Waals surface area (Å²) in [5.74, 6) is -0.583. The summed E-state index contributed by atoms with van der Waals surface area (Å²) in [4.78, 5) is 24.4. The highest BCUT2D eigenvalue weighted by Gasteiger charge is 2.12. The second-order valence-corrected chi connectivity index (χ2v) is 6.84. The van der Waals surface area contributed by atoms with Crippen LogP contribution in [0.5, 0.6) is 0 Å². The van der Waals surface area contributed by atoms with Crippen LogP contribution in [-0.4, -0.2) is 30.3 Å². The molecule has 2 aromatic carbocycles. The van der Waals surface area contributed by atoms with Crippen molar-refractivity contribution in [2.24, 2.45) is 0 Å².